The lowest BCUT2D eigenvalue weighted by Crippen LogP contribution is -2.47. The zero-order chi connectivity index (χ0) is 27.6. The minimum absolute atomic E-state index is 0.0290. The Morgan fingerprint density at radius 3 is 1.87 bits per heavy atom. The highest BCUT2D eigenvalue weighted by Crippen LogP contribution is 2.34. The Hall–Kier alpha value is -3.53. The number of fused-ring (bicyclic) bond motifs is 1. The molecule has 1 aliphatic rings. The molecule has 2 atom stereocenters. The summed E-state index contributed by atoms with van der Waals surface area (Å²) in [6.07, 6.45) is -0.889. The van der Waals surface area contributed by atoms with Crippen molar-refractivity contribution in [2.24, 2.45) is 0 Å². The molecule has 8 nitrogen and oxygen atoms in total. The van der Waals surface area contributed by atoms with Crippen LogP contribution in [0.1, 0.15) is 49.2 Å². The number of benzene rings is 3. The maximum atomic E-state index is 13.6. The van der Waals surface area contributed by atoms with E-state index < -0.39 is 57.7 Å². The number of halogens is 2. The minimum atomic E-state index is -3.60. The quantitative estimate of drug-likeness (QED) is 0.209. The number of hydrogen-bond donors (Lipinski definition) is 0. The molecule has 0 aromatic heterocycles. The average molecular weight is 574 g/mol. The number of nitrogens with zero attached hydrogens (tertiary/aromatic N) is 1. The molecule has 1 aliphatic heterocycles. The third-order valence-corrected chi connectivity index (χ3v) is 7.64. The van der Waals surface area contributed by atoms with Gasteiger partial charge in [-0.05, 0) is 18.6 Å². The summed E-state index contributed by atoms with van der Waals surface area (Å²) in [5, 5.41) is 0.0579. The van der Waals surface area contributed by atoms with Crippen LogP contribution in [-0.2, 0) is 19.4 Å². The SMILES string of the molecule is CS(=O)(=O)CC[C@@H](C(=O)O[C@H](C(=O)c1ccccc1)c1ccccc1)N1C(=O)c2cc(Cl)c(Cl)cc2C1=O. The van der Waals surface area contributed by atoms with E-state index in [2.05, 4.69) is 0 Å². The number of sulfone groups is 1. The second-order valence-corrected chi connectivity index (χ2v) is 11.8. The Bertz CT molecular complexity index is 1480. The van der Waals surface area contributed by atoms with Crippen molar-refractivity contribution in [3.05, 3.63) is 105 Å². The van der Waals surface area contributed by atoms with E-state index in [1.165, 1.54) is 12.1 Å². The monoisotopic (exact) mass is 573 g/mol. The predicted octanol–water partition coefficient (Wildman–Crippen LogP) is 4.56. The summed E-state index contributed by atoms with van der Waals surface area (Å²) in [5.74, 6) is -3.88. The van der Waals surface area contributed by atoms with Crippen LogP contribution in [-0.4, -0.2) is 54.9 Å². The highest BCUT2D eigenvalue weighted by Gasteiger charge is 2.45. The molecule has 0 radical (unpaired) electrons. The molecular weight excluding hydrogens is 553 g/mol. The topological polar surface area (TPSA) is 115 Å². The Morgan fingerprint density at radius 1 is 0.868 bits per heavy atom. The lowest BCUT2D eigenvalue weighted by atomic mass is 9.99. The molecule has 2 amide bonds. The van der Waals surface area contributed by atoms with Crippen molar-refractivity contribution in [1.82, 2.24) is 4.90 Å². The van der Waals surface area contributed by atoms with Crippen LogP contribution in [0.15, 0.2) is 72.8 Å². The number of ether oxygens (including phenoxy) is 1. The fraction of sp³-hybridized carbons (Fsp3) is 0.185. The first-order chi connectivity index (χ1) is 18.0. The van der Waals surface area contributed by atoms with Gasteiger partial charge in [0.25, 0.3) is 11.8 Å². The van der Waals surface area contributed by atoms with Crippen molar-refractivity contribution < 1.29 is 32.3 Å². The average Bonchev–Trinajstić information content (AvgIpc) is 3.12. The number of carbonyl (C=O) groups excluding carboxylic acids is 4. The summed E-state index contributed by atoms with van der Waals surface area (Å²) >= 11 is 12.0. The fourth-order valence-corrected chi connectivity index (χ4v) is 5.04. The van der Waals surface area contributed by atoms with E-state index in [1.807, 2.05) is 0 Å². The van der Waals surface area contributed by atoms with Gasteiger partial charge in [0.2, 0.25) is 5.78 Å². The maximum absolute atomic E-state index is 13.6. The zero-order valence-corrected chi connectivity index (χ0v) is 22.3. The summed E-state index contributed by atoms with van der Waals surface area (Å²) in [7, 11) is -3.60. The van der Waals surface area contributed by atoms with Gasteiger partial charge in [0.05, 0.1) is 26.9 Å². The smallest absolute Gasteiger partial charge is 0.330 e. The second-order valence-electron chi connectivity index (χ2n) is 8.68. The van der Waals surface area contributed by atoms with Crippen molar-refractivity contribution in [2.75, 3.05) is 12.0 Å². The van der Waals surface area contributed by atoms with Gasteiger partial charge >= 0.3 is 5.97 Å². The molecule has 0 N–H and O–H groups in total. The molecule has 0 saturated carbocycles. The highest BCUT2D eigenvalue weighted by atomic mass is 35.5. The van der Waals surface area contributed by atoms with Crippen LogP contribution in [0.3, 0.4) is 0 Å². The summed E-state index contributed by atoms with van der Waals surface area (Å²) < 4.78 is 29.6. The molecule has 11 heteroatoms. The highest BCUT2D eigenvalue weighted by molar-refractivity contribution is 7.90. The first-order valence-corrected chi connectivity index (χ1v) is 14.2. The van der Waals surface area contributed by atoms with E-state index in [0.717, 1.165) is 6.26 Å². The molecule has 3 aromatic rings. The first-order valence-electron chi connectivity index (χ1n) is 11.4. The summed E-state index contributed by atoms with van der Waals surface area (Å²) in [4.78, 5) is 54.1. The molecule has 0 saturated heterocycles. The number of imide groups is 1. The number of Topliss-reactive ketones (excluding diaryl/α,β-unsaturated/α-hetero) is 1. The van der Waals surface area contributed by atoms with Gasteiger partial charge in [-0.1, -0.05) is 83.9 Å². The molecule has 0 bridgehead atoms. The number of amides is 2. The summed E-state index contributed by atoms with van der Waals surface area (Å²) in [6.45, 7) is 0. The van der Waals surface area contributed by atoms with E-state index in [9.17, 15) is 27.6 Å². The van der Waals surface area contributed by atoms with Crippen molar-refractivity contribution in [2.45, 2.75) is 18.6 Å². The third kappa shape index (κ3) is 5.80. The molecular formula is C27H21Cl2NO7S. The maximum Gasteiger partial charge on any atom is 0.330 e. The van der Waals surface area contributed by atoms with Gasteiger partial charge in [-0.2, -0.15) is 0 Å². The lowest BCUT2D eigenvalue weighted by Gasteiger charge is -2.27. The fourth-order valence-electron chi connectivity index (χ4n) is 4.06. The number of carbonyl (C=O) groups is 4. The van der Waals surface area contributed by atoms with E-state index in [-0.39, 0.29) is 26.7 Å². The lowest BCUT2D eigenvalue weighted by molar-refractivity contribution is -0.152. The van der Waals surface area contributed by atoms with Crippen LogP contribution >= 0.6 is 23.2 Å². The van der Waals surface area contributed by atoms with Gasteiger partial charge in [0.1, 0.15) is 15.9 Å². The molecule has 4 rings (SSSR count). The van der Waals surface area contributed by atoms with Crippen molar-refractivity contribution in [3.63, 3.8) is 0 Å². The molecule has 0 fully saturated rings. The van der Waals surface area contributed by atoms with Gasteiger partial charge in [-0.15, -0.1) is 0 Å². The Morgan fingerprint density at radius 2 is 1.37 bits per heavy atom. The first kappa shape index (κ1) is 27.5. The second kappa shape index (κ2) is 11.1. The van der Waals surface area contributed by atoms with Gasteiger partial charge in [0.15, 0.2) is 6.10 Å². The Labute approximate surface area is 229 Å². The van der Waals surface area contributed by atoms with E-state index >= 15 is 0 Å². The molecule has 3 aromatic carbocycles. The van der Waals surface area contributed by atoms with Gasteiger partial charge in [-0.25, -0.2) is 13.2 Å². The van der Waals surface area contributed by atoms with Gasteiger partial charge in [0, 0.05) is 17.4 Å². The standard InChI is InChI=1S/C27H21Cl2NO7S/c1-38(35,36)13-12-22(30-25(32)18-14-20(28)21(29)15-19(18)26(30)33)27(34)37-24(17-10-6-3-7-11-17)23(31)16-8-4-2-5-9-16/h2-11,14-15,22,24H,12-13H2,1H3/t22-,24-/m0/s1. The number of ketones is 1. The normalized spacial score (nSPS) is 14.7. The van der Waals surface area contributed by atoms with Crippen LogP contribution in [0, 0.1) is 0 Å². The largest absolute Gasteiger partial charge is 0.447 e. The van der Waals surface area contributed by atoms with Crippen molar-refractivity contribution in [1.29, 1.82) is 0 Å². The van der Waals surface area contributed by atoms with Gasteiger partial charge < -0.3 is 4.74 Å². The van der Waals surface area contributed by atoms with Crippen LogP contribution < -0.4 is 0 Å². The minimum Gasteiger partial charge on any atom is -0.447 e. The van der Waals surface area contributed by atoms with Gasteiger partial charge in [-0.3, -0.25) is 19.3 Å². The van der Waals surface area contributed by atoms with Crippen LogP contribution in [0.25, 0.3) is 0 Å². The van der Waals surface area contributed by atoms with Crippen LogP contribution in [0.4, 0.5) is 0 Å². The van der Waals surface area contributed by atoms with E-state index in [0.29, 0.717) is 10.5 Å². The third-order valence-electron chi connectivity index (χ3n) is 5.94. The Kier molecular flexibility index (Phi) is 8.01. The molecule has 196 valence electrons. The predicted molar refractivity (Wildman–Crippen MR) is 141 cm³/mol. The van der Waals surface area contributed by atoms with Crippen LogP contribution in [0.2, 0.25) is 10.0 Å². The number of rotatable bonds is 9. The van der Waals surface area contributed by atoms with E-state index in [1.54, 1.807) is 60.7 Å². The van der Waals surface area contributed by atoms with Crippen LogP contribution in [0.5, 0.6) is 0 Å². The number of esters is 1. The van der Waals surface area contributed by atoms with Crippen molar-refractivity contribution in [3.8, 4) is 0 Å². The zero-order valence-electron chi connectivity index (χ0n) is 20.0. The molecule has 0 spiro atoms. The summed E-state index contributed by atoms with van der Waals surface area (Å²) in [5.41, 5.74) is 0.465. The Balaban J connectivity index is 1.72. The van der Waals surface area contributed by atoms with E-state index in [4.69, 9.17) is 27.9 Å². The number of hydrogen-bond acceptors (Lipinski definition) is 7. The van der Waals surface area contributed by atoms with Crippen molar-refractivity contribution >= 4 is 56.6 Å². The summed E-state index contributed by atoms with van der Waals surface area (Å²) in [6, 6.07) is 17.2. The molecule has 38 heavy (non-hydrogen) atoms. The molecule has 1 heterocycles. The molecule has 0 aliphatic carbocycles. The molecule has 0 unspecified atom stereocenters.